The number of rotatable bonds is 8. The van der Waals surface area contributed by atoms with Gasteiger partial charge in [-0.15, -0.1) is 0 Å². The van der Waals surface area contributed by atoms with Gasteiger partial charge in [0.25, 0.3) is 0 Å². The number of hydrogen-bond donors (Lipinski definition) is 2. The standard InChI is InChI=1S/2C19H20F3NO3S/c2*1-19(24)6-4-12(5-7-19)11-27(25,26)14-2-3-15(16(21)9-14)18-17(22)8-13(20)10-23-18/h2*2-3,8-10,12,24H,4-7,11H2,1H3. The Morgan fingerprint density at radius 2 is 0.907 bits per heavy atom. The van der Waals surface area contributed by atoms with Crippen LogP contribution in [0.1, 0.15) is 65.2 Å². The summed E-state index contributed by atoms with van der Waals surface area (Å²) in [7, 11) is -7.46. The number of nitrogens with zero attached hydrogens (tertiary/aromatic N) is 2. The molecule has 2 N–H and O–H groups in total. The van der Waals surface area contributed by atoms with E-state index in [0.717, 1.165) is 36.7 Å². The van der Waals surface area contributed by atoms with Gasteiger partial charge >= 0.3 is 0 Å². The van der Waals surface area contributed by atoms with Crippen LogP contribution in [0.2, 0.25) is 0 Å². The predicted octanol–water partition coefficient (Wildman–Crippen LogP) is 7.76. The molecule has 0 atom stereocenters. The summed E-state index contributed by atoms with van der Waals surface area (Å²) in [6.07, 6.45) is 5.95. The first-order valence-electron chi connectivity index (χ1n) is 17.3. The fourth-order valence-corrected chi connectivity index (χ4v) is 10.1. The van der Waals surface area contributed by atoms with Crippen LogP contribution in [0.4, 0.5) is 26.3 Å². The van der Waals surface area contributed by atoms with E-state index in [0.29, 0.717) is 63.5 Å². The first kappa shape index (κ1) is 41.3. The van der Waals surface area contributed by atoms with Gasteiger partial charge in [0.05, 0.1) is 44.9 Å². The Hall–Kier alpha value is -3.86. The lowest BCUT2D eigenvalue weighted by Crippen LogP contribution is -2.32. The van der Waals surface area contributed by atoms with Crippen LogP contribution in [0.15, 0.2) is 70.7 Å². The minimum atomic E-state index is -3.73. The lowest BCUT2D eigenvalue weighted by molar-refractivity contribution is 0.0104. The van der Waals surface area contributed by atoms with Gasteiger partial charge in [-0.3, -0.25) is 9.97 Å². The molecule has 2 aromatic carbocycles. The number of aromatic nitrogens is 2. The molecule has 0 unspecified atom stereocenters. The van der Waals surface area contributed by atoms with Crippen molar-refractivity contribution in [3.8, 4) is 22.5 Å². The quantitative estimate of drug-likeness (QED) is 0.173. The summed E-state index contributed by atoms with van der Waals surface area (Å²) in [5, 5.41) is 19.9. The van der Waals surface area contributed by atoms with Crippen molar-refractivity contribution in [2.45, 2.75) is 86.2 Å². The number of benzene rings is 2. The van der Waals surface area contributed by atoms with Gasteiger partial charge in [-0.2, -0.15) is 0 Å². The summed E-state index contributed by atoms with van der Waals surface area (Å²) in [6, 6.07) is 7.54. The van der Waals surface area contributed by atoms with Gasteiger partial charge in [0, 0.05) is 23.3 Å². The van der Waals surface area contributed by atoms with E-state index in [2.05, 4.69) is 9.97 Å². The van der Waals surface area contributed by atoms with Crippen LogP contribution >= 0.6 is 0 Å². The van der Waals surface area contributed by atoms with Gasteiger partial charge in [0.2, 0.25) is 0 Å². The van der Waals surface area contributed by atoms with Gasteiger partial charge in [-0.1, -0.05) is 0 Å². The molecule has 2 heterocycles. The van der Waals surface area contributed by atoms with Gasteiger partial charge in [-0.05, 0) is 113 Å². The number of aliphatic hydroxyl groups is 2. The molecular formula is C38H40F6N2O6S2. The second-order valence-corrected chi connectivity index (χ2v) is 18.8. The van der Waals surface area contributed by atoms with Crippen LogP contribution in [0.5, 0.6) is 0 Å². The molecule has 4 aromatic rings. The summed E-state index contributed by atoms with van der Waals surface area (Å²) in [4.78, 5) is 6.71. The van der Waals surface area contributed by atoms with E-state index in [1.807, 2.05) is 0 Å². The normalized spacial score (nSPS) is 23.4. The average molecular weight is 799 g/mol. The topological polar surface area (TPSA) is 135 Å². The minimum absolute atomic E-state index is 0.103. The van der Waals surface area contributed by atoms with Crippen molar-refractivity contribution in [2.75, 3.05) is 11.5 Å². The molecule has 2 fully saturated rings. The summed E-state index contributed by atoms with van der Waals surface area (Å²) in [5.41, 5.74) is -2.76. The highest BCUT2D eigenvalue weighted by molar-refractivity contribution is 7.91. The number of sulfone groups is 2. The van der Waals surface area contributed by atoms with Crippen LogP contribution in [-0.2, 0) is 19.7 Å². The zero-order valence-electron chi connectivity index (χ0n) is 29.5. The van der Waals surface area contributed by atoms with Gasteiger partial charge in [0.1, 0.15) is 34.7 Å². The van der Waals surface area contributed by atoms with E-state index >= 15 is 0 Å². The maximum Gasteiger partial charge on any atom is 0.178 e. The predicted molar refractivity (Wildman–Crippen MR) is 188 cm³/mol. The third-order valence-corrected chi connectivity index (χ3v) is 13.8. The molecule has 2 aromatic heterocycles. The van der Waals surface area contributed by atoms with E-state index in [1.165, 1.54) is 12.1 Å². The van der Waals surface area contributed by atoms with Crippen LogP contribution in [0.3, 0.4) is 0 Å². The first-order chi connectivity index (χ1) is 25.1. The van der Waals surface area contributed by atoms with E-state index in [1.54, 1.807) is 13.8 Å². The molecule has 6 rings (SSSR count). The van der Waals surface area contributed by atoms with Crippen LogP contribution in [-0.4, -0.2) is 59.7 Å². The number of halogens is 6. The second kappa shape index (κ2) is 16.1. The zero-order valence-corrected chi connectivity index (χ0v) is 31.1. The van der Waals surface area contributed by atoms with E-state index in [-0.39, 0.29) is 55.6 Å². The number of hydrogen-bond acceptors (Lipinski definition) is 8. The summed E-state index contributed by atoms with van der Waals surface area (Å²) >= 11 is 0. The van der Waals surface area contributed by atoms with Crippen LogP contribution in [0.25, 0.3) is 22.5 Å². The van der Waals surface area contributed by atoms with Crippen molar-refractivity contribution in [3.05, 3.63) is 95.8 Å². The average Bonchev–Trinajstić information content (AvgIpc) is 3.07. The summed E-state index contributed by atoms with van der Waals surface area (Å²) < 4.78 is 133. The Labute approximate surface area is 310 Å². The first-order valence-corrected chi connectivity index (χ1v) is 20.6. The SMILES string of the molecule is CC1(O)CCC(CS(=O)(=O)c2ccc(-c3ncc(F)cc3F)c(F)c2)CC1.CC1(O)CCC(CS(=O)(=O)c2ccc(-c3ncc(F)cc3F)c(F)c2)CC1. The maximum atomic E-state index is 14.4. The molecule has 8 nitrogen and oxygen atoms in total. The van der Waals surface area contributed by atoms with E-state index in [9.17, 15) is 53.4 Å². The van der Waals surface area contributed by atoms with Crippen molar-refractivity contribution in [2.24, 2.45) is 11.8 Å². The Balaban J connectivity index is 0.000000208. The fourth-order valence-electron chi connectivity index (χ4n) is 6.73. The smallest absolute Gasteiger partial charge is 0.178 e. The Kier molecular flexibility index (Phi) is 12.3. The molecule has 0 spiro atoms. The van der Waals surface area contributed by atoms with Crippen LogP contribution in [0, 0.1) is 46.7 Å². The molecule has 16 heteroatoms. The minimum Gasteiger partial charge on any atom is -0.390 e. The number of pyridine rings is 2. The molecular weight excluding hydrogens is 759 g/mol. The molecule has 0 amide bonds. The third-order valence-electron chi connectivity index (χ3n) is 10.0. The van der Waals surface area contributed by atoms with Gasteiger partial charge in [0.15, 0.2) is 31.3 Å². The largest absolute Gasteiger partial charge is 0.390 e. The van der Waals surface area contributed by atoms with Crippen LogP contribution < -0.4 is 0 Å². The van der Waals surface area contributed by atoms with Gasteiger partial charge < -0.3 is 10.2 Å². The molecule has 54 heavy (non-hydrogen) atoms. The van der Waals surface area contributed by atoms with Crippen molar-refractivity contribution in [1.29, 1.82) is 0 Å². The molecule has 0 saturated heterocycles. The lowest BCUT2D eigenvalue weighted by atomic mass is 9.81. The lowest BCUT2D eigenvalue weighted by Gasteiger charge is -2.32. The Bertz CT molecular complexity index is 2060. The highest BCUT2D eigenvalue weighted by Gasteiger charge is 2.33. The second-order valence-electron chi connectivity index (χ2n) is 14.7. The fraction of sp³-hybridized carbons (Fsp3) is 0.421. The van der Waals surface area contributed by atoms with Crippen molar-refractivity contribution in [1.82, 2.24) is 9.97 Å². The molecule has 0 radical (unpaired) electrons. The molecule has 292 valence electrons. The van der Waals surface area contributed by atoms with E-state index in [4.69, 9.17) is 0 Å². The van der Waals surface area contributed by atoms with Crippen molar-refractivity contribution >= 4 is 19.7 Å². The maximum absolute atomic E-state index is 14.4. The summed E-state index contributed by atoms with van der Waals surface area (Å²) in [5.74, 6) is -6.19. The molecule has 2 aliphatic rings. The summed E-state index contributed by atoms with van der Waals surface area (Å²) in [6.45, 7) is 3.46. The Morgan fingerprint density at radius 3 is 1.20 bits per heavy atom. The van der Waals surface area contributed by atoms with Gasteiger partial charge in [-0.25, -0.2) is 43.2 Å². The third kappa shape index (κ3) is 10.3. The highest BCUT2D eigenvalue weighted by Crippen LogP contribution is 2.36. The Morgan fingerprint density at radius 1 is 0.574 bits per heavy atom. The monoisotopic (exact) mass is 798 g/mol. The molecule has 0 bridgehead atoms. The van der Waals surface area contributed by atoms with Crippen molar-refractivity contribution < 1.29 is 53.4 Å². The highest BCUT2D eigenvalue weighted by atomic mass is 32.2. The molecule has 0 aliphatic heterocycles. The molecule has 2 saturated carbocycles. The molecule has 2 aliphatic carbocycles. The van der Waals surface area contributed by atoms with E-state index < -0.39 is 65.8 Å². The van der Waals surface area contributed by atoms with Crippen molar-refractivity contribution in [3.63, 3.8) is 0 Å². The zero-order chi connectivity index (χ0) is 39.6.